The number of carboxylic acid groups (broad SMARTS) is 1. The Morgan fingerprint density at radius 2 is 2.14 bits per heavy atom. The van der Waals surface area contributed by atoms with Crippen molar-refractivity contribution in [2.24, 2.45) is 0 Å². The number of hydrogen-bond acceptors (Lipinski definition) is 4. The Labute approximate surface area is 128 Å². The highest BCUT2D eigenvalue weighted by atomic mass is 16.4. The number of hydrogen-bond donors (Lipinski definition) is 2. The Morgan fingerprint density at radius 3 is 2.77 bits per heavy atom. The van der Waals surface area contributed by atoms with Crippen LogP contribution in [0.5, 0.6) is 0 Å². The lowest BCUT2D eigenvalue weighted by Gasteiger charge is -2.25. The van der Waals surface area contributed by atoms with Crippen LogP contribution in [-0.2, 0) is 4.79 Å². The summed E-state index contributed by atoms with van der Waals surface area (Å²) in [6.07, 6.45) is 5.29. The van der Waals surface area contributed by atoms with Crippen LogP contribution in [0.25, 0.3) is 5.69 Å². The smallest absolute Gasteiger partial charge is 0.303 e. The molecule has 0 atom stereocenters. The number of pyridine rings is 1. The van der Waals surface area contributed by atoms with Crippen molar-refractivity contribution in [1.29, 1.82) is 0 Å². The van der Waals surface area contributed by atoms with Gasteiger partial charge >= 0.3 is 5.97 Å². The van der Waals surface area contributed by atoms with E-state index < -0.39 is 11.5 Å². The summed E-state index contributed by atoms with van der Waals surface area (Å²) in [5.41, 5.74) is 0.365. The fraction of sp³-hybridized carbons (Fsp3) is 0.333. The van der Waals surface area contributed by atoms with Gasteiger partial charge in [-0.1, -0.05) is 0 Å². The molecule has 0 spiro atoms. The number of aromatic nitrogens is 3. The van der Waals surface area contributed by atoms with Gasteiger partial charge in [0.1, 0.15) is 5.69 Å². The summed E-state index contributed by atoms with van der Waals surface area (Å²) in [6.45, 7) is 3.57. The third-order valence-corrected chi connectivity index (χ3v) is 3.16. The number of nitrogens with one attached hydrogen (secondary N) is 1. The summed E-state index contributed by atoms with van der Waals surface area (Å²) in [7, 11) is 0. The maximum atomic E-state index is 12.3. The lowest BCUT2D eigenvalue weighted by molar-refractivity contribution is -0.137. The van der Waals surface area contributed by atoms with E-state index in [-0.39, 0.29) is 18.0 Å². The van der Waals surface area contributed by atoms with E-state index in [0.29, 0.717) is 6.42 Å². The lowest BCUT2D eigenvalue weighted by Crippen LogP contribution is -2.44. The fourth-order valence-electron chi connectivity index (χ4n) is 1.96. The van der Waals surface area contributed by atoms with E-state index in [0.717, 1.165) is 5.69 Å². The van der Waals surface area contributed by atoms with E-state index in [4.69, 9.17) is 5.11 Å². The van der Waals surface area contributed by atoms with Crippen molar-refractivity contribution in [3.05, 3.63) is 42.5 Å². The van der Waals surface area contributed by atoms with E-state index in [1.165, 1.54) is 6.20 Å². The second-order valence-electron chi connectivity index (χ2n) is 5.58. The highest BCUT2D eigenvalue weighted by Gasteiger charge is 2.23. The zero-order chi connectivity index (χ0) is 16.2. The maximum absolute atomic E-state index is 12.3. The molecule has 7 nitrogen and oxygen atoms in total. The van der Waals surface area contributed by atoms with Crippen LogP contribution in [0.3, 0.4) is 0 Å². The van der Waals surface area contributed by atoms with Crippen LogP contribution in [0, 0.1) is 0 Å². The van der Waals surface area contributed by atoms with Gasteiger partial charge in [0.25, 0.3) is 5.91 Å². The molecule has 0 saturated carbocycles. The second-order valence-corrected chi connectivity index (χ2v) is 5.58. The Morgan fingerprint density at radius 1 is 1.36 bits per heavy atom. The molecule has 0 fully saturated rings. The van der Waals surface area contributed by atoms with Gasteiger partial charge in [-0.25, -0.2) is 4.68 Å². The molecule has 22 heavy (non-hydrogen) atoms. The van der Waals surface area contributed by atoms with Crippen LogP contribution in [-0.4, -0.2) is 37.3 Å². The van der Waals surface area contributed by atoms with E-state index in [1.807, 2.05) is 0 Å². The van der Waals surface area contributed by atoms with Crippen LogP contribution < -0.4 is 5.32 Å². The first-order chi connectivity index (χ1) is 10.4. The SMILES string of the molecule is CC(C)(CCC(=O)O)NC(=O)c1cc(-n2cccn2)ccn1. The van der Waals surface area contributed by atoms with Crippen LogP contribution >= 0.6 is 0 Å². The highest BCUT2D eigenvalue weighted by Crippen LogP contribution is 2.13. The van der Waals surface area contributed by atoms with Crippen molar-refractivity contribution < 1.29 is 14.7 Å². The predicted molar refractivity (Wildman–Crippen MR) is 79.8 cm³/mol. The summed E-state index contributed by atoms with van der Waals surface area (Å²) in [5.74, 6) is -1.23. The van der Waals surface area contributed by atoms with Crippen LogP contribution in [0.4, 0.5) is 0 Å². The Kier molecular flexibility index (Phi) is 4.55. The van der Waals surface area contributed by atoms with Crippen LogP contribution in [0.2, 0.25) is 0 Å². The molecule has 0 bridgehead atoms. The third-order valence-electron chi connectivity index (χ3n) is 3.16. The van der Waals surface area contributed by atoms with Gasteiger partial charge in [0.2, 0.25) is 0 Å². The Hall–Kier alpha value is -2.70. The zero-order valence-electron chi connectivity index (χ0n) is 12.5. The maximum Gasteiger partial charge on any atom is 0.303 e. The molecule has 2 aromatic heterocycles. The largest absolute Gasteiger partial charge is 0.481 e. The molecule has 0 aliphatic carbocycles. The Balaban J connectivity index is 2.09. The number of amides is 1. The number of rotatable bonds is 6. The number of nitrogens with zero attached hydrogens (tertiary/aromatic N) is 3. The summed E-state index contributed by atoms with van der Waals surface area (Å²) < 4.78 is 1.63. The lowest BCUT2D eigenvalue weighted by atomic mass is 9.98. The minimum absolute atomic E-state index is 0.00592. The topological polar surface area (TPSA) is 97.1 Å². The van der Waals surface area contributed by atoms with Crippen molar-refractivity contribution in [3.63, 3.8) is 0 Å². The molecule has 0 aliphatic rings. The molecule has 0 aliphatic heterocycles. The van der Waals surface area contributed by atoms with Crippen molar-refractivity contribution >= 4 is 11.9 Å². The van der Waals surface area contributed by atoms with Crippen molar-refractivity contribution in [3.8, 4) is 5.69 Å². The molecular weight excluding hydrogens is 284 g/mol. The number of carboxylic acids is 1. The molecule has 0 radical (unpaired) electrons. The molecule has 2 heterocycles. The third kappa shape index (κ3) is 4.15. The van der Waals surface area contributed by atoms with Gasteiger partial charge in [-0.2, -0.15) is 5.10 Å². The van der Waals surface area contributed by atoms with Gasteiger partial charge in [-0.15, -0.1) is 0 Å². The van der Waals surface area contributed by atoms with Gasteiger partial charge in [-0.3, -0.25) is 14.6 Å². The van der Waals surface area contributed by atoms with Gasteiger partial charge in [0.15, 0.2) is 0 Å². The van der Waals surface area contributed by atoms with E-state index in [9.17, 15) is 9.59 Å². The highest BCUT2D eigenvalue weighted by molar-refractivity contribution is 5.93. The van der Waals surface area contributed by atoms with Crippen molar-refractivity contribution in [2.45, 2.75) is 32.2 Å². The van der Waals surface area contributed by atoms with Crippen LogP contribution in [0.1, 0.15) is 37.2 Å². The summed E-state index contributed by atoms with van der Waals surface area (Å²) in [5, 5.41) is 15.6. The van der Waals surface area contributed by atoms with E-state index in [1.54, 1.807) is 49.1 Å². The molecule has 116 valence electrons. The zero-order valence-corrected chi connectivity index (χ0v) is 12.5. The first-order valence-corrected chi connectivity index (χ1v) is 6.88. The molecule has 2 aromatic rings. The van der Waals surface area contributed by atoms with Gasteiger partial charge in [0, 0.05) is 30.6 Å². The summed E-state index contributed by atoms with van der Waals surface area (Å²) in [4.78, 5) is 27.0. The average Bonchev–Trinajstić information content (AvgIpc) is 2.99. The van der Waals surface area contributed by atoms with Gasteiger partial charge < -0.3 is 10.4 Å². The number of aliphatic carboxylic acids is 1. The molecule has 2 N–H and O–H groups in total. The molecule has 0 aromatic carbocycles. The fourth-order valence-corrected chi connectivity index (χ4v) is 1.96. The second kappa shape index (κ2) is 6.38. The number of carbonyl (C=O) groups excluding carboxylic acids is 1. The quantitative estimate of drug-likeness (QED) is 0.845. The molecule has 0 saturated heterocycles. The van der Waals surface area contributed by atoms with Gasteiger partial charge in [0.05, 0.1) is 5.69 Å². The summed E-state index contributed by atoms with van der Waals surface area (Å²) >= 11 is 0. The predicted octanol–water partition coefficient (Wildman–Crippen LogP) is 1.64. The van der Waals surface area contributed by atoms with E-state index in [2.05, 4.69) is 15.4 Å². The first-order valence-electron chi connectivity index (χ1n) is 6.88. The molecule has 1 amide bonds. The van der Waals surface area contributed by atoms with Crippen molar-refractivity contribution in [1.82, 2.24) is 20.1 Å². The first kappa shape index (κ1) is 15.7. The minimum Gasteiger partial charge on any atom is -0.481 e. The van der Waals surface area contributed by atoms with Crippen molar-refractivity contribution in [2.75, 3.05) is 0 Å². The monoisotopic (exact) mass is 302 g/mol. The van der Waals surface area contributed by atoms with Crippen LogP contribution in [0.15, 0.2) is 36.8 Å². The molecule has 2 rings (SSSR count). The number of carbonyl (C=O) groups is 2. The van der Waals surface area contributed by atoms with Gasteiger partial charge in [-0.05, 0) is 38.5 Å². The standard InChI is InChI=1S/C15H18N4O3/c1-15(2,6-4-13(20)21)18-14(22)12-10-11(5-8-16-12)19-9-3-7-17-19/h3,5,7-10H,4,6H2,1-2H3,(H,18,22)(H,20,21). The molecular formula is C15H18N4O3. The summed E-state index contributed by atoms with van der Waals surface area (Å²) in [6, 6.07) is 5.17. The van der Waals surface area contributed by atoms with E-state index >= 15 is 0 Å². The molecule has 7 heteroatoms. The molecule has 0 unspecified atom stereocenters. The normalized spacial score (nSPS) is 11.2. The minimum atomic E-state index is -0.888. The average molecular weight is 302 g/mol. The Bertz CT molecular complexity index is 665.